The highest BCUT2D eigenvalue weighted by Gasteiger charge is 2.20. The van der Waals surface area contributed by atoms with Crippen molar-refractivity contribution in [2.24, 2.45) is 0 Å². The molecule has 0 saturated carbocycles. The van der Waals surface area contributed by atoms with E-state index in [2.05, 4.69) is 31.2 Å². The summed E-state index contributed by atoms with van der Waals surface area (Å²) in [5.74, 6) is 0. The highest BCUT2D eigenvalue weighted by molar-refractivity contribution is 5.68. The molecule has 0 spiro atoms. The molecule has 0 aliphatic carbocycles. The average molecular weight is 304 g/mol. The average Bonchev–Trinajstić information content (AvgIpc) is 2.99. The molecule has 0 aromatic carbocycles. The Morgan fingerprint density at radius 1 is 1.18 bits per heavy atom. The van der Waals surface area contributed by atoms with Gasteiger partial charge in [0.1, 0.15) is 6.33 Å². The first-order valence-corrected chi connectivity index (χ1v) is 7.92. The molecule has 1 aliphatic heterocycles. The minimum absolute atomic E-state index is 0.846. The maximum absolute atomic E-state index is 5.10. The van der Waals surface area contributed by atoms with Crippen LogP contribution in [0.1, 0.15) is 18.5 Å². The van der Waals surface area contributed by atoms with Gasteiger partial charge in [0, 0.05) is 39.9 Å². The van der Waals surface area contributed by atoms with Crippen LogP contribution in [0.15, 0.2) is 12.4 Å². The third kappa shape index (κ3) is 3.36. The van der Waals surface area contributed by atoms with Gasteiger partial charge < -0.3 is 9.64 Å². The molecule has 22 heavy (non-hydrogen) atoms. The molecule has 7 heteroatoms. The molecule has 3 rings (SSSR count). The molecule has 3 heterocycles. The Morgan fingerprint density at radius 2 is 2.00 bits per heavy atom. The van der Waals surface area contributed by atoms with E-state index in [9.17, 15) is 0 Å². The number of methoxy groups -OCH3 is 1. The minimum Gasteiger partial charge on any atom is -0.385 e. The summed E-state index contributed by atoms with van der Waals surface area (Å²) in [7, 11) is 1.76. The van der Waals surface area contributed by atoms with Gasteiger partial charge in [0.25, 0.3) is 0 Å². The molecule has 2 aromatic rings. The number of rotatable bonds is 6. The second-order valence-electron chi connectivity index (χ2n) is 5.80. The van der Waals surface area contributed by atoms with Crippen molar-refractivity contribution in [1.29, 1.82) is 0 Å². The number of aryl methyl sites for hydroxylation is 1. The topological polar surface area (TPSA) is 58.8 Å². The lowest BCUT2D eigenvalue weighted by atomic mass is 10.2. The van der Waals surface area contributed by atoms with E-state index in [0.717, 1.165) is 62.8 Å². The third-order valence-corrected chi connectivity index (χ3v) is 4.16. The fourth-order valence-electron chi connectivity index (χ4n) is 2.96. The van der Waals surface area contributed by atoms with E-state index in [0.29, 0.717) is 0 Å². The van der Waals surface area contributed by atoms with E-state index in [1.54, 1.807) is 18.0 Å². The Bertz CT molecular complexity index is 605. The first-order valence-electron chi connectivity index (χ1n) is 7.92. The first kappa shape index (κ1) is 15.2. The molecule has 0 unspecified atom stereocenters. The summed E-state index contributed by atoms with van der Waals surface area (Å²) in [6.07, 6.45) is 4.01. The van der Waals surface area contributed by atoms with E-state index in [1.165, 1.54) is 6.42 Å². The molecule has 1 saturated heterocycles. The van der Waals surface area contributed by atoms with Gasteiger partial charge in [0.05, 0.1) is 11.4 Å². The van der Waals surface area contributed by atoms with Crippen LogP contribution in [-0.2, 0) is 4.74 Å². The Balaban J connectivity index is 1.60. The van der Waals surface area contributed by atoms with Crippen LogP contribution in [0.5, 0.6) is 0 Å². The Kier molecular flexibility index (Phi) is 4.84. The molecule has 0 bridgehead atoms. The van der Waals surface area contributed by atoms with Gasteiger partial charge in [0.2, 0.25) is 5.65 Å². The Hall–Kier alpha value is -1.73. The van der Waals surface area contributed by atoms with E-state index in [-0.39, 0.29) is 0 Å². The van der Waals surface area contributed by atoms with Crippen molar-refractivity contribution in [3.8, 4) is 0 Å². The summed E-state index contributed by atoms with van der Waals surface area (Å²) in [6.45, 7) is 8.26. The fraction of sp³-hybridized carbons (Fsp3) is 0.667. The summed E-state index contributed by atoms with van der Waals surface area (Å²) in [6, 6.07) is 2.11. The maximum atomic E-state index is 5.10. The molecule has 0 radical (unpaired) electrons. The van der Waals surface area contributed by atoms with Gasteiger partial charge in [0.15, 0.2) is 0 Å². The number of unbranched alkanes of at least 4 members (excludes halogenated alkanes) is 1. The van der Waals surface area contributed by atoms with Crippen LogP contribution in [0.4, 0.5) is 5.69 Å². The lowest BCUT2D eigenvalue weighted by Gasteiger charge is -2.36. The molecule has 7 nitrogen and oxygen atoms in total. The number of ether oxygens (including phenoxy) is 1. The lowest BCUT2D eigenvalue weighted by molar-refractivity contribution is 0.182. The van der Waals surface area contributed by atoms with Crippen molar-refractivity contribution < 1.29 is 4.74 Å². The van der Waals surface area contributed by atoms with Gasteiger partial charge in [-0.3, -0.25) is 4.90 Å². The molecule has 1 aliphatic rings. The van der Waals surface area contributed by atoms with Crippen LogP contribution in [-0.4, -0.2) is 71.2 Å². The van der Waals surface area contributed by atoms with Crippen molar-refractivity contribution in [3.05, 3.63) is 18.1 Å². The van der Waals surface area contributed by atoms with Crippen LogP contribution >= 0.6 is 0 Å². The van der Waals surface area contributed by atoms with Crippen LogP contribution < -0.4 is 4.90 Å². The van der Waals surface area contributed by atoms with E-state index in [4.69, 9.17) is 4.74 Å². The summed E-state index contributed by atoms with van der Waals surface area (Å²) in [5.41, 5.74) is 2.98. The first-order chi connectivity index (χ1) is 10.8. The van der Waals surface area contributed by atoms with Crippen LogP contribution in [0.25, 0.3) is 5.65 Å². The molecular weight excluding hydrogens is 280 g/mol. The van der Waals surface area contributed by atoms with Crippen molar-refractivity contribution in [2.45, 2.75) is 19.8 Å². The van der Waals surface area contributed by atoms with Crippen LogP contribution in [0, 0.1) is 6.92 Å². The predicted molar refractivity (Wildman–Crippen MR) is 85.3 cm³/mol. The number of hydrogen-bond acceptors (Lipinski definition) is 6. The van der Waals surface area contributed by atoms with Crippen molar-refractivity contribution >= 4 is 11.3 Å². The monoisotopic (exact) mass is 304 g/mol. The standard InChI is InChI=1S/C15H24N6O/c1-13-11-14(15-17-16-12-21(15)18-13)20-8-6-19(7-9-20)5-3-4-10-22-2/h11-12H,3-10H2,1-2H3. The number of aromatic nitrogens is 4. The maximum Gasteiger partial charge on any atom is 0.200 e. The van der Waals surface area contributed by atoms with Gasteiger partial charge in [-0.05, 0) is 32.4 Å². The highest BCUT2D eigenvalue weighted by atomic mass is 16.5. The molecule has 1 fully saturated rings. The van der Waals surface area contributed by atoms with Gasteiger partial charge in [-0.1, -0.05) is 0 Å². The summed E-state index contributed by atoms with van der Waals surface area (Å²) in [5, 5.41) is 12.6. The highest BCUT2D eigenvalue weighted by Crippen LogP contribution is 2.21. The molecule has 0 N–H and O–H groups in total. The summed E-state index contributed by atoms with van der Waals surface area (Å²) >= 11 is 0. The predicted octanol–water partition coefficient (Wildman–Crippen LogP) is 0.981. The molecule has 0 amide bonds. The van der Waals surface area contributed by atoms with Gasteiger partial charge in [-0.15, -0.1) is 10.2 Å². The van der Waals surface area contributed by atoms with Gasteiger partial charge >= 0.3 is 0 Å². The molecule has 120 valence electrons. The number of hydrogen-bond donors (Lipinski definition) is 0. The molecular formula is C15H24N6O. The minimum atomic E-state index is 0.846. The van der Waals surface area contributed by atoms with E-state index in [1.807, 2.05) is 6.92 Å². The molecule has 0 atom stereocenters. The van der Waals surface area contributed by atoms with Crippen molar-refractivity contribution in [2.75, 3.05) is 51.3 Å². The third-order valence-electron chi connectivity index (χ3n) is 4.16. The van der Waals surface area contributed by atoms with Gasteiger partial charge in [-0.2, -0.15) is 9.61 Å². The van der Waals surface area contributed by atoms with Crippen LogP contribution in [0.2, 0.25) is 0 Å². The Morgan fingerprint density at radius 3 is 2.77 bits per heavy atom. The van der Waals surface area contributed by atoms with E-state index < -0.39 is 0 Å². The second-order valence-corrected chi connectivity index (χ2v) is 5.80. The van der Waals surface area contributed by atoms with Crippen LogP contribution in [0.3, 0.4) is 0 Å². The number of anilines is 1. The van der Waals surface area contributed by atoms with Crippen molar-refractivity contribution in [1.82, 2.24) is 24.7 Å². The zero-order valence-electron chi connectivity index (χ0n) is 13.4. The number of nitrogens with zero attached hydrogens (tertiary/aromatic N) is 6. The normalized spacial score (nSPS) is 16.5. The smallest absolute Gasteiger partial charge is 0.200 e. The fourth-order valence-corrected chi connectivity index (χ4v) is 2.96. The SMILES string of the molecule is COCCCCN1CCN(c2cc(C)nn3cnnc23)CC1. The van der Waals surface area contributed by atoms with Gasteiger partial charge in [-0.25, -0.2) is 0 Å². The largest absolute Gasteiger partial charge is 0.385 e. The number of fused-ring (bicyclic) bond motifs is 1. The quantitative estimate of drug-likeness (QED) is 0.742. The Labute approximate surface area is 130 Å². The molecule has 2 aromatic heterocycles. The summed E-state index contributed by atoms with van der Waals surface area (Å²) in [4.78, 5) is 4.92. The zero-order valence-corrected chi connectivity index (χ0v) is 13.4. The lowest BCUT2D eigenvalue weighted by Crippen LogP contribution is -2.46. The van der Waals surface area contributed by atoms with E-state index >= 15 is 0 Å². The van der Waals surface area contributed by atoms with Crippen molar-refractivity contribution in [3.63, 3.8) is 0 Å². The second kappa shape index (κ2) is 7.02. The zero-order chi connectivity index (χ0) is 15.4. The number of piperazine rings is 1. The summed E-state index contributed by atoms with van der Waals surface area (Å²) < 4.78 is 6.87.